The molecule has 31 heavy (non-hydrogen) atoms. The quantitative estimate of drug-likeness (QED) is 0.387. The summed E-state index contributed by atoms with van der Waals surface area (Å²) in [5.74, 6) is 1.22. The third-order valence-corrected chi connectivity index (χ3v) is 6.36. The molecule has 3 aromatic carbocycles. The Balaban J connectivity index is 0.00000171. The van der Waals surface area contributed by atoms with E-state index in [1.54, 1.807) is 0 Å². The first-order valence-corrected chi connectivity index (χ1v) is 11.0. The van der Waals surface area contributed by atoms with Crippen LogP contribution in [0.15, 0.2) is 60.7 Å². The standard InChI is InChI=1S/C27H30O.2ClH.Ti/c1-26(2,3)17-15-22(25(28)23(16-17)27(4,5)6)24-20-13-9-7-11-18(20)19-12-8-10-14-21(19)24;;;/h7-16,24,28H,1-6H3;2*1H;/q;;;+3/p-3. The molecule has 161 valence electrons. The maximum absolute atomic E-state index is 6.11. The second kappa shape index (κ2) is 9.32. The Labute approximate surface area is 211 Å². The zero-order chi connectivity index (χ0) is 21.0. The first-order chi connectivity index (χ1) is 13.6. The van der Waals surface area contributed by atoms with E-state index in [0.29, 0.717) is 0 Å². The van der Waals surface area contributed by atoms with E-state index in [1.165, 1.54) is 38.9 Å². The van der Waals surface area contributed by atoms with E-state index in [9.17, 15) is 0 Å². The molecule has 0 amide bonds. The summed E-state index contributed by atoms with van der Waals surface area (Å²) in [6.07, 6.45) is 0. The average Bonchev–Trinajstić information content (AvgIpc) is 3.00. The Morgan fingerprint density at radius 3 is 1.58 bits per heavy atom. The van der Waals surface area contributed by atoms with E-state index in [2.05, 4.69) is 102 Å². The molecule has 0 N–H and O–H groups in total. The van der Waals surface area contributed by atoms with Crippen LogP contribution in [-0.2, 0) is 31.7 Å². The van der Waals surface area contributed by atoms with E-state index in [0.717, 1.165) is 5.75 Å². The molecule has 4 rings (SSSR count). The zero-order valence-corrected chi connectivity index (χ0v) is 22.1. The van der Waals surface area contributed by atoms with Crippen molar-refractivity contribution in [2.45, 2.75) is 58.3 Å². The smallest absolute Gasteiger partial charge is 1.00 e. The summed E-state index contributed by atoms with van der Waals surface area (Å²) in [7, 11) is 0. The first-order valence-electron chi connectivity index (χ1n) is 10.3. The molecular weight excluding hydrogens is 459 g/mol. The number of rotatable bonds is 2. The minimum atomic E-state index is -0.000999. The van der Waals surface area contributed by atoms with Gasteiger partial charge in [-0.2, -0.15) is 0 Å². The van der Waals surface area contributed by atoms with Crippen molar-refractivity contribution in [3.05, 3.63) is 88.5 Å². The van der Waals surface area contributed by atoms with Gasteiger partial charge < -0.3 is 24.8 Å². The van der Waals surface area contributed by atoms with Crippen molar-refractivity contribution < 1.29 is 49.0 Å². The summed E-state index contributed by atoms with van der Waals surface area (Å²) < 4.78 is 6.11. The number of hydrogen-bond donors (Lipinski definition) is 0. The maximum atomic E-state index is 6.11. The molecular formula is C27H29Cl2OTi. The molecule has 0 saturated carbocycles. The molecule has 0 radical (unpaired) electrons. The molecule has 1 nitrogen and oxygen atoms in total. The van der Waals surface area contributed by atoms with Crippen LogP contribution in [0.1, 0.15) is 75.3 Å². The van der Waals surface area contributed by atoms with Crippen LogP contribution in [0.3, 0.4) is 0 Å². The molecule has 0 aromatic heterocycles. The predicted molar refractivity (Wildman–Crippen MR) is 117 cm³/mol. The van der Waals surface area contributed by atoms with Gasteiger partial charge in [0.2, 0.25) is 0 Å². The van der Waals surface area contributed by atoms with Gasteiger partial charge in [0.15, 0.2) is 0 Å². The summed E-state index contributed by atoms with van der Waals surface area (Å²) >= 11 is 1.82. The number of halogens is 2. The molecule has 4 heteroatoms. The number of fused-ring (bicyclic) bond motifs is 3. The van der Waals surface area contributed by atoms with E-state index in [4.69, 9.17) is 3.32 Å². The van der Waals surface area contributed by atoms with Crippen molar-refractivity contribution >= 4 is 0 Å². The van der Waals surface area contributed by atoms with Gasteiger partial charge in [0.05, 0.1) is 0 Å². The van der Waals surface area contributed by atoms with Crippen LogP contribution >= 0.6 is 0 Å². The van der Waals surface area contributed by atoms with Gasteiger partial charge in [0.1, 0.15) is 0 Å². The second-order valence-electron chi connectivity index (χ2n) is 10.2. The molecule has 0 heterocycles. The summed E-state index contributed by atoms with van der Waals surface area (Å²) in [6.45, 7) is 13.7. The maximum Gasteiger partial charge on any atom is -1.00 e. The van der Waals surface area contributed by atoms with E-state index in [1.807, 2.05) is 20.8 Å². The summed E-state index contributed by atoms with van der Waals surface area (Å²) in [5, 5.41) is 0. The van der Waals surface area contributed by atoms with Gasteiger partial charge >= 0.3 is 188 Å². The Hall–Kier alpha value is -1.25. The largest absolute Gasteiger partial charge is 1.00 e. The fourth-order valence-corrected chi connectivity index (χ4v) is 4.82. The van der Waals surface area contributed by atoms with Crippen LogP contribution < -0.4 is 28.1 Å². The molecule has 0 spiro atoms. The van der Waals surface area contributed by atoms with Crippen LogP contribution in [-0.4, -0.2) is 0 Å². The van der Waals surface area contributed by atoms with Crippen molar-refractivity contribution in [1.82, 2.24) is 0 Å². The number of hydrogen-bond acceptors (Lipinski definition) is 1. The predicted octanol–water partition coefficient (Wildman–Crippen LogP) is 1.29. The van der Waals surface area contributed by atoms with Crippen molar-refractivity contribution in [1.29, 1.82) is 0 Å². The molecule has 0 fully saturated rings. The molecule has 1 aliphatic carbocycles. The molecule has 0 saturated heterocycles. The van der Waals surface area contributed by atoms with Crippen molar-refractivity contribution in [3.63, 3.8) is 0 Å². The molecule has 1 aliphatic rings. The Morgan fingerprint density at radius 2 is 1.16 bits per heavy atom. The van der Waals surface area contributed by atoms with Gasteiger partial charge in [-0.25, -0.2) is 0 Å². The van der Waals surface area contributed by atoms with E-state index < -0.39 is 0 Å². The van der Waals surface area contributed by atoms with Crippen LogP contribution in [0.2, 0.25) is 0 Å². The first kappa shape index (κ1) is 26.0. The monoisotopic (exact) mass is 487 g/mol. The Kier molecular flexibility index (Phi) is 7.82. The van der Waals surface area contributed by atoms with Gasteiger partial charge in [-0.05, 0) is 0 Å². The summed E-state index contributed by atoms with van der Waals surface area (Å²) in [6, 6.07) is 22.4. The molecule has 0 aliphatic heterocycles. The minimum absolute atomic E-state index is 0. The van der Waals surface area contributed by atoms with Gasteiger partial charge in [0, 0.05) is 0 Å². The van der Waals surface area contributed by atoms with Crippen molar-refractivity contribution in [2.24, 2.45) is 0 Å². The van der Waals surface area contributed by atoms with Crippen molar-refractivity contribution in [3.8, 4) is 16.9 Å². The molecule has 0 bridgehead atoms. The molecule has 0 atom stereocenters. The van der Waals surface area contributed by atoms with Crippen LogP contribution in [0.5, 0.6) is 5.75 Å². The minimum Gasteiger partial charge on any atom is -1.00 e. The van der Waals surface area contributed by atoms with Gasteiger partial charge in [-0.1, -0.05) is 0 Å². The average molecular weight is 488 g/mol. The fourth-order valence-electron chi connectivity index (χ4n) is 4.46. The SMILES string of the molecule is CC(C)(C)c1cc(C2c3ccccc3-c3ccccc32)c([O][Ti+2])c(C(C)(C)C)c1.[Cl-].[Cl-]. The van der Waals surface area contributed by atoms with Gasteiger partial charge in [-0.3, -0.25) is 0 Å². The van der Waals surface area contributed by atoms with Crippen molar-refractivity contribution in [2.75, 3.05) is 0 Å². The second-order valence-corrected chi connectivity index (χ2v) is 10.5. The van der Waals surface area contributed by atoms with Crippen LogP contribution in [0.4, 0.5) is 0 Å². The third kappa shape index (κ3) is 4.62. The zero-order valence-electron chi connectivity index (χ0n) is 19.0. The Morgan fingerprint density at radius 1 is 0.677 bits per heavy atom. The summed E-state index contributed by atoms with van der Waals surface area (Å²) in [4.78, 5) is 0. The van der Waals surface area contributed by atoms with Gasteiger partial charge in [-0.15, -0.1) is 0 Å². The number of benzene rings is 3. The Bertz CT molecular complexity index is 1030. The van der Waals surface area contributed by atoms with E-state index >= 15 is 0 Å². The van der Waals surface area contributed by atoms with E-state index in [-0.39, 0.29) is 41.6 Å². The van der Waals surface area contributed by atoms with Crippen LogP contribution in [0.25, 0.3) is 11.1 Å². The molecule has 0 unspecified atom stereocenters. The summed E-state index contributed by atoms with van der Waals surface area (Å²) in [5.41, 5.74) is 9.42. The third-order valence-electron chi connectivity index (χ3n) is 6.04. The molecule has 3 aromatic rings. The van der Waals surface area contributed by atoms with Crippen LogP contribution in [0, 0.1) is 0 Å². The topological polar surface area (TPSA) is 9.23 Å². The van der Waals surface area contributed by atoms with Gasteiger partial charge in [0.25, 0.3) is 0 Å². The normalized spacial score (nSPS) is 13.0. The fraction of sp³-hybridized carbons (Fsp3) is 0.333.